The van der Waals surface area contributed by atoms with Gasteiger partial charge in [0, 0.05) is 52.9 Å². The summed E-state index contributed by atoms with van der Waals surface area (Å²) in [7, 11) is 1.87. The molecule has 1 amide bonds. The first-order valence-corrected chi connectivity index (χ1v) is 9.61. The van der Waals surface area contributed by atoms with Crippen LogP contribution >= 0.6 is 24.0 Å². The number of aliphatic imine (C=N–C) groups is 1. The maximum absolute atomic E-state index is 12.4. The number of hydrogen-bond donors (Lipinski definition) is 1. The summed E-state index contributed by atoms with van der Waals surface area (Å²) in [6.45, 7) is 9.96. The number of halogens is 1. The standard InChI is InChI=1S/C17H30N8O2.HI/c1-3-18-17(19-12-15-20-14-21-22(15)2)25-6-4-23(5-7-25)13-16(26)24-8-10-27-11-9-24;/h14H,3-13H2,1-2H3,(H,18,19);1H. The van der Waals surface area contributed by atoms with Crippen LogP contribution in [0.1, 0.15) is 12.7 Å². The Morgan fingerprint density at radius 1 is 1.18 bits per heavy atom. The molecule has 2 aliphatic rings. The highest BCUT2D eigenvalue weighted by Gasteiger charge is 2.24. The second kappa shape index (κ2) is 11.5. The predicted octanol–water partition coefficient (Wildman–Crippen LogP) is -0.625. The van der Waals surface area contributed by atoms with Gasteiger partial charge in [-0.05, 0) is 6.92 Å². The summed E-state index contributed by atoms with van der Waals surface area (Å²) < 4.78 is 7.05. The minimum atomic E-state index is 0. The molecule has 0 atom stereocenters. The molecule has 0 spiro atoms. The fourth-order valence-corrected chi connectivity index (χ4v) is 3.26. The van der Waals surface area contributed by atoms with E-state index in [2.05, 4.69) is 32.1 Å². The van der Waals surface area contributed by atoms with E-state index in [4.69, 9.17) is 9.73 Å². The molecule has 0 unspecified atom stereocenters. The van der Waals surface area contributed by atoms with Crippen molar-refractivity contribution >= 4 is 35.8 Å². The number of piperazine rings is 1. The van der Waals surface area contributed by atoms with E-state index in [9.17, 15) is 4.79 Å². The van der Waals surface area contributed by atoms with E-state index in [-0.39, 0.29) is 29.9 Å². The highest BCUT2D eigenvalue weighted by atomic mass is 127. The Kier molecular flexibility index (Phi) is 9.38. The minimum Gasteiger partial charge on any atom is -0.378 e. The van der Waals surface area contributed by atoms with Crippen molar-refractivity contribution in [1.29, 1.82) is 0 Å². The lowest BCUT2D eigenvalue weighted by molar-refractivity contribution is -0.136. The van der Waals surface area contributed by atoms with E-state index in [1.807, 2.05) is 11.9 Å². The largest absolute Gasteiger partial charge is 0.378 e. The first-order chi connectivity index (χ1) is 13.2. The summed E-state index contributed by atoms with van der Waals surface area (Å²) in [6.07, 6.45) is 1.54. The fraction of sp³-hybridized carbons (Fsp3) is 0.765. The molecule has 0 bridgehead atoms. The summed E-state index contributed by atoms with van der Waals surface area (Å²) in [5.74, 6) is 1.93. The topological polar surface area (TPSA) is 91.1 Å². The fourth-order valence-electron chi connectivity index (χ4n) is 3.26. The average molecular weight is 506 g/mol. The molecule has 11 heteroatoms. The van der Waals surface area contributed by atoms with Crippen LogP contribution < -0.4 is 5.32 Å². The van der Waals surface area contributed by atoms with E-state index >= 15 is 0 Å². The Morgan fingerprint density at radius 2 is 1.89 bits per heavy atom. The van der Waals surface area contributed by atoms with Crippen molar-refractivity contribution in [2.45, 2.75) is 13.5 Å². The van der Waals surface area contributed by atoms with E-state index in [1.54, 1.807) is 11.0 Å². The van der Waals surface area contributed by atoms with Crippen LogP contribution in [0.25, 0.3) is 0 Å². The van der Waals surface area contributed by atoms with Crippen LogP contribution in [-0.4, -0.2) is 107 Å². The Hall–Kier alpha value is -1.47. The summed E-state index contributed by atoms with van der Waals surface area (Å²) >= 11 is 0. The van der Waals surface area contributed by atoms with E-state index in [0.717, 1.165) is 44.5 Å². The zero-order valence-electron chi connectivity index (χ0n) is 16.7. The van der Waals surface area contributed by atoms with Gasteiger partial charge in [0.25, 0.3) is 0 Å². The average Bonchev–Trinajstić information content (AvgIpc) is 3.11. The lowest BCUT2D eigenvalue weighted by Crippen LogP contribution is -2.54. The molecule has 0 radical (unpaired) electrons. The van der Waals surface area contributed by atoms with Crippen molar-refractivity contribution in [1.82, 2.24) is 34.8 Å². The monoisotopic (exact) mass is 506 g/mol. The van der Waals surface area contributed by atoms with Gasteiger partial charge in [0.05, 0.1) is 19.8 Å². The summed E-state index contributed by atoms with van der Waals surface area (Å²) in [5, 5.41) is 7.43. The molecule has 0 saturated carbocycles. The van der Waals surface area contributed by atoms with Gasteiger partial charge in [-0.15, -0.1) is 24.0 Å². The van der Waals surface area contributed by atoms with Crippen molar-refractivity contribution < 1.29 is 9.53 Å². The van der Waals surface area contributed by atoms with Crippen LogP contribution in [0.4, 0.5) is 0 Å². The van der Waals surface area contributed by atoms with Gasteiger partial charge in [0.15, 0.2) is 5.96 Å². The summed E-state index contributed by atoms with van der Waals surface area (Å²) in [6, 6.07) is 0. The molecule has 3 rings (SSSR count). The number of aryl methyl sites for hydroxylation is 1. The molecule has 1 N–H and O–H groups in total. The zero-order chi connectivity index (χ0) is 19.1. The first-order valence-electron chi connectivity index (χ1n) is 9.61. The molecule has 158 valence electrons. The van der Waals surface area contributed by atoms with Gasteiger partial charge in [-0.25, -0.2) is 9.98 Å². The zero-order valence-corrected chi connectivity index (χ0v) is 19.0. The van der Waals surface area contributed by atoms with Crippen LogP contribution in [0, 0.1) is 0 Å². The lowest BCUT2D eigenvalue weighted by atomic mass is 10.3. The Bertz CT molecular complexity index is 639. The van der Waals surface area contributed by atoms with E-state index in [1.165, 1.54) is 0 Å². The van der Waals surface area contributed by atoms with Crippen LogP contribution in [0.2, 0.25) is 0 Å². The molecular weight excluding hydrogens is 475 g/mol. The van der Waals surface area contributed by atoms with Crippen LogP contribution in [0.15, 0.2) is 11.3 Å². The van der Waals surface area contributed by atoms with Gasteiger partial charge in [0.2, 0.25) is 5.91 Å². The first kappa shape index (κ1) is 22.8. The number of carbonyl (C=O) groups excluding carboxylic acids is 1. The third-order valence-corrected chi connectivity index (χ3v) is 4.90. The van der Waals surface area contributed by atoms with Crippen molar-refractivity contribution in [2.75, 3.05) is 65.6 Å². The number of nitrogens with one attached hydrogen (secondary N) is 1. The molecule has 2 aliphatic heterocycles. The molecule has 1 aromatic heterocycles. The lowest BCUT2D eigenvalue weighted by Gasteiger charge is -2.37. The Balaban J connectivity index is 0.00000280. The number of nitrogens with zero attached hydrogens (tertiary/aromatic N) is 7. The third-order valence-electron chi connectivity index (χ3n) is 4.90. The number of aromatic nitrogens is 3. The van der Waals surface area contributed by atoms with Gasteiger partial charge >= 0.3 is 0 Å². The third kappa shape index (κ3) is 6.27. The maximum atomic E-state index is 12.4. The van der Waals surface area contributed by atoms with Crippen molar-refractivity contribution in [2.24, 2.45) is 12.0 Å². The van der Waals surface area contributed by atoms with E-state index < -0.39 is 0 Å². The molecule has 2 fully saturated rings. The van der Waals surface area contributed by atoms with Gasteiger partial charge in [-0.2, -0.15) is 5.10 Å². The molecule has 0 aliphatic carbocycles. The van der Waals surface area contributed by atoms with Crippen molar-refractivity contribution in [3.63, 3.8) is 0 Å². The SMILES string of the molecule is CCNC(=NCc1ncnn1C)N1CCN(CC(=O)N2CCOCC2)CC1.I. The van der Waals surface area contributed by atoms with Crippen molar-refractivity contribution in [3.8, 4) is 0 Å². The smallest absolute Gasteiger partial charge is 0.236 e. The summed E-state index contributed by atoms with van der Waals surface area (Å²) in [4.78, 5) is 27.7. The molecule has 10 nitrogen and oxygen atoms in total. The van der Waals surface area contributed by atoms with Crippen molar-refractivity contribution in [3.05, 3.63) is 12.2 Å². The number of carbonyl (C=O) groups is 1. The summed E-state index contributed by atoms with van der Waals surface area (Å²) in [5.41, 5.74) is 0. The van der Waals surface area contributed by atoms with Gasteiger partial charge in [0.1, 0.15) is 18.7 Å². The second-order valence-electron chi connectivity index (χ2n) is 6.73. The number of hydrogen-bond acceptors (Lipinski definition) is 6. The highest BCUT2D eigenvalue weighted by molar-refractivity contribution is 14.0. The highest BCUT2D eigenvalue weighted by Crippen LogP contribution is 2.06. The normalized spacial score (nSPS) is 18.7. The maximum Gasteiger partial charge on any atom is 0.236 e. The van der Waals surface area contributed by atoms with Crippen LogP contribution in [0.3, 0.4) is 0 Å². The number of morpholine rings is 1. The number of rotatable bonds is 5. The predicted molar refractivity (Wildman–Crippen MR) is 117 cm³/mol. The Labute approximate surface area is 183 Å². The molecule has 3 heterocycles. The Morgan fingerprint density at radius 3 is 2.50 bits per heavy atom. The molecule has 1 aromatic rings. The minimum absolute atomic E-state index is 0. The molecule has 28 heavy (non-hydrogen) atoms. The van der Waals surface area contributed by atoms with E-state index in [0.29, 0.717) is 39.4 Å². The number of guanidine groups is 1. The van der Waals surface area contributed by atoms with Gasteiger partial charge < -0.3 is 19.9 Å². The quantitative estimate of drug-likeness (QED) is 0.323. The van der Waals surface area contributed by atoms with Crippen LogP contribution in [0.5, 0.6) is 0 Å². The molecule has 0 aromatic carbocycles. The van der Waals surface area contributed by atoms with Gasteiger partial charge in [-0.1, -0.05) is 0 Å². The molecule has 2 saturated heterocycles. The second-order valence-corrected chi connectivity index (χ2v) is 6.73. The van der Waals surface area contributed by atoms with Crippen LogP contribution in [-0.2, 0) is 23.1 Å². The number of ether oxygens (including phenoxy) is 1. The van der Waals surface area contributed by atoms with Gasteiger partial charge in [-0.3, -0.25) is 14.4 Å². The number of amides is 1. The molecular formula is C17H31IN8O2.